The summed E-state index contributed by atoms with van der Waals surface area (Å²) in [5.41, 5.74) is 3.24. The summed E-state index contributed by atoms with van der Waals surface area (Å²) in [5.74, 6) is 0. The van der Waals surface area contributed by atoms with Crippen LogP contribution in [-0.2, 0) is 0 Å². The molecule has 1 N–H and O–H groups in total. The number of nitrogens with zero attached hydrogens (tertiary/aromatic N) is 2. The topological polar surface area (TPSA) is 58.6 Å². The van der Waals surface area contributed by atoms with E-state index in [9.17, 15) is 4.79 Å². The third kappa shape index (κ3) is 1.78. The molecule has 0 saturated carbocycles. The Kier molecular flexibility index (Phi) is 2.41. The molecule has 0 saturated heterocycles. The van der Waals surface area contributed by atoms with Gasteiger partial charge in [-0.1, -0.05) is 18.2 Å². The van der Waals surface area contributed by atoms with Crippen LogP contribution in [0, 0.1) is 6.92 Å². The summed E-state index contributed by atoms with van der Waals surface area (Å²) in [6.45, 7) is 1.92. The zero-order chi connectivity index (χ0) is 12.5. The van der Waals surface area contributed by atoms with E-state index in [1.54, 1.807) is 12.4 Å². The van der Waals surface area contributed by atoms with Crippen LogP contribution in [0.1, 0.15) is 5.56 Å². The maximum Gasteiger partial charge on any atom is 0.345 e. The van der Waals surface area contributed by atoms with E-state index in [2.05, 4.69) is 15.0 Å². The molecule has 1 aromatic carbocycles. The Bertz CT molecular complexity index is 777. The number of fused-ring (bicyclic) bond motifs is 1. The summed E-state index contributed by atoms with van der Waals surface area (Å²) in [7, 11) is 0. The molecule has 4 heteroatoms. The van der Waals surface area contributed by atoms with Crippen LogP contribution in [0.3, 0.4) is 0 Å². The monoisotopic (exact) mass is 237 g/mol. The smallest absolute Gasteiger partial charge is 0.305 e. The van der Waals surface area contributed by atoms with Crippen molar-refractivity contribution >= 4 is 10.9 Å². The minimum Gasteiger partial charge on any atom is -0.305 e. The molecule has 0 amide bonds. The fraction of sp³-hybridized carbons (Fsp3) is 0.0714. The lowest BCUT2D eigenvalue weighted by Gasteiger charge is -2.05. The number of H-pyrrole nitrogens is 1. The maximum absolute atomic E-state index is 11.3. The summed E-state index contributed by atoms with van der Waals surface area (Å²) >= 11 is 0. The summed E-state index contributed by atoms with van der Waals surface area (Å²) in [6, 6.07) is 9.85. The SMILES string of the molecule is Cc1cnc(=O)[nH]c1-c1ccc2cccnc2c1. The second-order valence-corrected chi connectivity index (χ2v) is 4.16. The number of hydrogen-bond donors (Lipinski definition) is 1. The maximum atomic E-state index is 11.3. The molecule has 4 nitrogen and oxygen atoms in total. The first kappa shape index (κ1) is 10.7. The van der Waals surface area contributed by atoms with E-state index in [1.165, 1.54) is 0 Å². The molecule has 88 valence electrons. The number of nitrogens with one attached hydrogen (secondary N) is 1. The van der Waals surface area contributed by atoms with E-state index in [4.69, 9.17) is 0 Å². The Hall–Kier alpha value is -2.49. The first-order valence-corrected chi connectivity index (χ1v) is 5.65. The second kappa shape index (κ2) is 4.07. The normalized spacial score (nSPS) is 10.7. The highest BCUT2D eigenvalue weighted by Crippen LogP contribution is 2.22. The summed E-state index contributed by atoms with van der Waals surface area (Å²) in [5, 5.41) is 1.08. The summed E-state index contributed by atoms with van der Waals surface area (Å²) in [4.78, 5) is 22.1. The minimum absolute atomic E-state index is 0.336. The standard InChI is InChI=1S/C14H11N3O/c1-9-8-16-14(18)17-13(9)11-5-4-10-3-2-6-15-12(10)7-11/h2-8H,1H3,(H,16,17,18). The fourth-order valence-electron chi connectivity index (χ4n) is 1.98. The van der Waals surface area contributed by atoms with Gasteiger partial charge in [0.25, 0.3) is 0 Å². The number of hydrogen-bond acceptors (Lipinski definition) is 3. The van der Waals surface area contributed by atoms with Gasteiger partial charge in [-0.2, -0.15) is 0 Å². The van der Waals surface area contributed by atoms with Crippen LogP contribution in [0.25, 0.3) is 22.2 Å². The van der Waals surface area contributed by atoms with E-state index in [0.29, 0.717) is 0 Å². The van der Waals surface area contributed by atoms with E-state index in [0.717, 1.165) is 27.7 Å². The first-order valence-electron chi connectivity index (χ1n) is 5.65. The highest BCUT2D eigenvalue weighted by atomic mass is 16.1. The van der Waals surface area contributed by atoms with Crippen LogP contribution in [0.5, 0.6) is 0 Å². The molecule has 0 aliphatic carbocycles. The molecule has 0 aliphatic heterocycles. The molecule has 0 bridgehead atoms. The zero-order valence-electron chi connectivity index (χ0n) is 9.84. The highest BCUT2D eigenvalue weighted by Gasteiger charge is 2.04. The quantitative estimate of drug-likeness (QED) is 0.706. The number of benzene rings is 1. The number of aromatic amines is 1. The van der Waals surface area contributed by atoms with Gasteiger partial charge in [-0.05, 0) is 24.6 Å². The van der Waals surface area contributed by atoms with Gasteiger partial charge in [0.1, 0.15) is 0 Å². The molecule has 0 atom stereocenters. The predicted octanol–water partition coefficient (Wildman–Crippen LogP) is 2.29. The molecule has 3 aromatic rings. The Balaban J connectivity index is 2.25. The van der Waals surface area contributed by atoms with Crippen molar-refractivity contribution in [2.45, 2.75) is 6.92 Å². The van der Waals surface area contributed by atoms with E-state index in [1.807, 2.05) is 37.3 Å². The van der Waals surface area contributed by atoms with Crippen LogP contribution in [0.2, 0.25) is 0 Å². The first-order chi connectivity index (χ1) is 8.74. The Labute approximate surface area is 103 Å². The predicted molar refractivity (Wildman–Crippen MR) is 70.3 cm³/mol. The molecule has 2 aromatic heterocycles. The van der Waals surface area contributed by atoms with Crippen molar-refractivity contribution in [3.63, 3.8) is 0 Å². The fourth-order valence-corrected chi connectivity index (χ4v) is 1.98. The van der Waals surface area contributed by atoms with Gasteiger partial charge in [0.2, 0.25) is 0 Å². The Morgan fingerprint density at radius 2 is 2.06 bits per heavy atom. The Morgan fingerprint density at radius 3 is 2.94 bits per heavy atom. The summed E-state index contributed by atoms with van der Waals surface area (Å²) < 4.78 is 0. The number of aromatic nitrogens is 3. The van der Waals surface area contributed by atoms with Gasteiger partial charge in [-0.3, -0.25) is 4.98 Å². The van der Waals surface area contributed by atoms with Gasteiger partial charge in [0.05, 0.1) is 11.2 Å². The molecule has 0 aliphatic rings. The average molecular weight is 237 g/mol. The van der Waals surface area contributed by atoms with E-state index < -0.39 is 0 Å². The number of rotatable bonds is 1. The molecular weight excluding hydrogens is 226 g/mol. The lowest BCUT2D eigenvalue weighted by Crippen LogP contribution is -2.11. The molecule has 2 heterocycles. The molecule has 0 spiro atoms. The average Bonchev–Trinajstić information content (AvgIpc) is 2.41. The lowest BCUT2D eigenvalue weighted by atomic mass is 10.1. The van der Waals surface area contributed by atoms with Gasteiger partial charge in [-0.15, -0.1) is 0 Å². The van der Waals surface area contributed by atoms with E-state index >= 15 is 0 Å². The molecule has 0 fully saturated rings. The van der Waals surface area contributed by atoms with Crippen LogP contribution in [0.15, 0.2) is 47.5 Å². The van der Waals surface area contributed by atoms with Gasteiger partial charge < -0.3 is 4.98 Å². The van der Waals surface area contributed by atoms with Gasteiger partial charge in [0, 0.05) is 23.3 Å². The van der Waals surface area contributed by atoms with Crippen LogP contribution < -0.4 is 5.69 Å². The van der Waals surface area contributed by atoms with Crippen molar-refractivity contribution in [3.05, 3.63) is 58.8 Å². The third-order valence-corrected chi connectivity index (χ3v) is 2.90. The van der Waals surface area contributed by atoms with Crippen molar-refractivity contribution in [1.82, 2.24) is 15.0 Å². The third-order valence-electron chi connectivity index (χ3n) is 2.90. The lowest BCUT2D eigenvalue weighted by molar-refractivity contribution is 1.06. The largest absolute Gasteiger partial charge is 0.345 e. The molecule has 3 rings (SSSR count). The molecule has 18 heavy (non-hydrogen) atoms. The van der Waals surface area contributed by atoms with E-state index in [-0.39, 0.29) is 5.69 Å². The number of aryl methyl sites for hydroxylation is 1. The zero-order valence-corrected chi connectivity index (χ0v) is 9.84. The van der Waals surface area contributed by atoms with Gasteiger partial charge >= 0.3 is 5.69 Å². The van der Waals surface area contributed by atoms with Crippen LogP contribution >= 0.6 is 0 Å². The molecule has 0 radical (unpaired) electrons. The Morgan fingerprint density at radius 1 is 1.17 bits per heavy atom. The highest BCUT2D eigenvalue weighted by molar-refractivity contribution is 5.83. The van der Waals surface area contributed by atoms with Crippen LogP contribution in [0.4, 0.5) is 0 Å². The van der Waals surface area contributed by atoms with Crippen molar-refractivity contribution in [3.8, 4) is 11.3 Å². The van der Waals surface area contributed by atoms with Crippen LogP contribution in [-0.4, -0.2) is 15.0 Å². The molecule has 0 unspecified atom stereocenters. The minimum atomic E-state index is -0.336. The van der Waals surface area contributed by atoms with Gasteiger partial charge in [0.15, 0.2) is 0 Å². The van der Waals surface area contributed by atoms with Crippen molar-refractivity contribution < 1.29 is 0 Å². The van der Waals surface area contributed by atoms with Crippen molar-refractivity contribution in [1.29, 1.82) is 0 Å². The van der Waals surface area contributed by atoms with Crippen molar-refractivity contribution in [2.24, 2.45) is 0 Å². The molecular formula is C14H11N3O. The summed E-state index contributed by atoms with van der Waals surface area (Å²) in [6.07, 6.45) is 3.34. The van der Waals surface area contributed by atoms with Crippen molar-refractivity contribution in [2.75, 3.05) is 0 Å². The second-order valence-electron chi connectivity index (χ2n) is 4.16. The number of pyridine rings is 1. The van der Waals surface area contributed by atoms with Gasteiger partial charge in [-0.25, -0.2) is 9.78 Å².